The summed E-state index contributed by atoms with van der Waals surface area (Å²) in [4.78, 5) is 14.3. The summed E-state index contributed by atoms with van der Waals surface area (Å²) in [6.07, 6.45) is 0. The molecule has 3 nitrogen and oxygen atoms in total. The number of carbonyl (C=O) groups is 1. The van der Waals surface area contributed by atoms with Gasteiger partial charge in [-0.15, -0.1) is 0 Å². The van der Waals surface area contributed by atoms with Gasteiger partial charge in [-0.2, -0.15) is 0 Å². The van der Waals surface area contributed by atoms with E-state index >= 15 is 0 Å². The van der Waals surface area contributed by atoms with E-state index in [2.05, 4.69) is 26.0 Å². The lowest BCUT2D eigenvalue weighted by Gasteiger charge is -2.51. The van der Waals surface area contributed by atoms with Crippen LogP contribution in [0.25, 0.3) is 0 Å². The lowest BCUT2D eigenvalue weighted by Crippen LogP contribution is -2.57. The number of rotatable bonds is 4. The predicted octanol–water partition coefficient (Wildman–Crippen LogP) is 2.82. The van der Waals surface area contributed by atoms with Gasteiger partial charge in [0.2, 0.25) is 0 Å². The Morgan fingerprint density at radius 2 is 2.00 bits per heavy atom. The first-order valence-corrected chi connectivity index (χ1v) is 6.89. The molecule has 0 aliphatic carbocycles. The summed E-state index contributed by atoms with van der Waals surface area (Å²) in [6, 6.07) is 10.4. The molecule has 4 heteroatoms. The maximum absolute atomic E-state index is 11.5. The average Bonchev–Trinajstić information content (AvgIpc) is 2.41. The number of methoxy groups -OCH3 is 1. The summed E-state index contributed by atoms with van der Waals surface area (Å²) in [5.41, 5.74) is 1.21. The summed E-state index contributed by atoms with van der Waals surface area (Å²) in [5, 5.41) is 0. The second-order valence-corrected chi connectivity index (χ2v) is 5.59. The highest BCUT2D eigenvalue weighted by molar-refractivity contribution is 7.80. The minimum atomic E-state index is -0.245. The molecule has 1 aliphatic heterocycles. The lowest BCUT2D eigenvalue weighted by molar-refractivity contribution is -0.142. The molecule has 2 atom stereocenters. The van der Waals surface area contributed by atoms with Gasteiger partial charge in [0.15, 0.2) is 0 Å². The second kappa shape index (κ2) is 5.70. The Morgan fingerprint density at radius 1 is 1.37 bits per heavy atom. The van der Waals surface area contributed by atoms with Crippen molar-refractivity contribution in [2.24, 2.45) is 11.8 Å². The van der Waals surface area contributed by atoms with E-state index in [-0.39, 0.29) is 18.6 Å². The van der Waals surface area contributed by atoms with E-state index < -0.39 is 0 Å². The van der Waals surface area contributed by atoms with Gasteiger partial charge in [-0.25, -0.2) is 0 Å². The van der Waals surface area contributed by atoms with E-state index in [1.807, 2.05) is 23.1 Å². The van der Waals surface area contributed by atoms with Crippen molar-refractivity contribution in [2.75, 3.05) is 13.7 Å². The number of likely N-dealkylation sites (tertiary alicyclic amines) is 1. The highest BCUT2D eigenvalue weighted by Crippen LogP contribution is 2.44. The van der Waals surface area contributed by atoms with Crippen LogP contribution in [0, 0.1) is 11.8 Å². The number of nitrogens with zero attached hydrogens (tertiary/aromatic N) is 1. The topological polar surface area (TPSA) is 29.5 Å². The van der Waals surface area contributed by atoms with Crippen molar-refractivity contribution >= 4 is 23.2 Å². The summed E-state index contributed by atoms with van der Waals surface area (Å²) in [5.74, 6) is 0.541. The molecule has 0 saturated carbocycles. The molecule has 1 aliphatic rings. The van der Waals surface area contributed by atoms with Gasteiger partial charge in [-0.1, -0.05) is 56.4 Å². The van der Waals surface area contributed by atoms with Gasteiger partial charge < -0.3 is 9.64 Å². The van der Waals surface area contributed by atoms with Gasteiger partial charge in [-0.05, 0) is 11.5 Å². The fraction of sp³-hybridized carbons (Fsp3) is 0.467. The van der Waals surface area contributed by atoms with Gasteiger partial charge in [-0.3, -0.25) is 4.79 Å². The van der Waals surface area contributed by atoms with E-state index in [4.69, 9.17) is 17.0 Å². The largest absolute Gasteiger partial charge is 0.468 e. The van der Waals surface area contributed by atoms with Gasteiger partial charge >= 0.3 is 5.97 Å². The van der Waals surface area contributed by atoms with Gasteiger partial charge in [0, 0.05) is 5.92 Å². The van der Waals surface area contributed by atoms with Crippen LogP contribution >= 0.6 is 12.2 Å². The zero-order valence-electron chi connectivity index (χ0n) is 11.5. The van der Waals surface area contributed by atoms with Crippen molar-refractivity contribution in [1.29, 1.82) is 0 Å². The molecule has 2 rings (SSSR count). The van der Waals surface area contributed by atoms with Crippen LogP contribution in [0.5, 0.6) is 0 Å². The first kappa shape index (κ1) is 14.0. The molecule has 19 heavy (non-hydrogen) atoms. The van der Waals surface area contributed by atoms with Gasteiger partial charge in [0.1, 0.15) is 6.54 Å². The van der Waals surface area contributed by atoms with E-state index in [0.29, 0.717) is 11.8 Å². The number of hydrogen-bond donors (Lipinski definition) is 0. The van der Waals surface area contributed by atoms with Crippen LogP contribution in [-0.2, 0) is 9.53 Å². The molecule has 0 N–H and O–H groups in total. The summed E-state index contributed by atoms with van der Waals surface area (Å²) in [6.45, 7) is 4.57. The first-order chi connectivity index (χ1) is 9.06. The standard InChI is InChI=1S/C15H19NO2S/c1-10(2)13-14(11-7-5-4-6-8-11)16(15(13)19)9-12(17)18-3/h4-8,10,13-14H,9H2,1-3H3/t13-,14+/m1/s1. The van der Waals surface area contributed by atoms with Crippen LogP contribution in [-0.4, -0.2) is 29.5 Å². The smallest absolute Gasteiger partial charge is 0.325 e. The van der Waals surface area contributed by atoms with E-state index in [1.54, 1.807) is 0 Å². The maximum Gasteiger partial charge on any atom is 0.325 e. The van der Waals surface area contributed by atoms with Crippen LogP contribution in [0.15, 0.2) is 30.3 Å². The molecular formula is C15H19NO2S. The number of carbonyl (C=O) groups excluding carboxylic acids is 1. The molecule has 0 bridgehead atoms. The van der Waals surface area contributed by atoms with Crippen LogP contribution in [0.4, 0.5) is 0 Å². The molecule has 102 valence electrons. The van der Waals surface area contributed by atoms with E-state index in [0.717, 1.165) is 4.99 Å². The Bertz CT molecular complexity index is 472. The van der Waals surface area contributed by atoms with Crippen molar-refractivity contribution in [1.82, 2.24) is 4.90 Å². The Hall–Kier alpha value is -1.42. The van der Waals surface area contributed by atoms with E-state index in [9.17, 15) is 4.79 Å². The highest BCUT2D eigenvalue weighted by atomic mass is 32.1. The number of benzene rings is 1. The normalized spacial score (nSPS) is 22.3. The van der Waals surface area contributed by atoms with Crippen LogP contribution in [0.1, 0.15) is 25.5 Å². The zero-order valence-corrected chi connectivity index (χ0v) is 12.3. The van der Waals surface area contributed by atoms with Crippen molar-refractivity contribution in [3.8, 4) is 0 Å². The maximum atomic E-state index is 11.5. The number of hydrogen-bond acceptors (Lipinski definition) is 3. The minimum absolute atomic E-state index is 0.188. The molecule has 1 aromatic rings. The second-order valence-electron chi connectivity index (χ2n) is 5.17. The molecule has 1 heterocycles. The predicted molar refractivity (Wildman–Crippen MR) is 78.8 cm³/mol. The van der Waals surface area contributed by atoms with Crippen molar-refractivity contribution in [3.63, 3.8) is 0 Å². The molecular weight excluding hydrogens is 258 g/mol. The quantitative estimate of drug-likeness (QED) is 0.625. The summed E-state index contributed by atoms with van der Waals surface area (Å²) in [7, 11) is 1.41. The Labute approximate surface area is 119 Å². The van der Waals surface area contributed by atoms with Gasteiger partial charge in [0.25, 0.3) is 0 Å². The summed E-state index contributed by atoms with van der Waals surface area (Å²) < 4.78 is 4.74. The third kappa shape index (κ3) is 2.63. The average molecular weight is 277 g/mol. The molecule has 1 saturated heterocycles. The zero-order chi connectivity index (χ0) is 14.0. The molecule has 1 fully saturated rings. The van der Waals surface area contributed by atoms with E-state index in [1.165, 1.54) is 12.7 Å². The van der Waals surface area contributed by atoms with Crippen molar-refractivity contribution in [2.45, 2.75) is 19.9 Å². The molecule has 0 radical (unpaired) electrons. The summed E-state index contributed by atoms with van der Waals surface area (Å²) >= 11 is 5.46. The van der Waals surface area contributed by atoms with Gasteiger partial charge in [0.05, 0.1) is 18.1 Å². The SMILES string of the molecule is COC(=O)CN1C(=S)[C@H](C(C)C)[C@@H]1c1ccccc1. The monoisotopic (exact) mass is 277 g/mol. The highest BCUT2D eigenvalue weighted by Gasteiger charge is 2.46. The lowest BCUT2D eigenvalue weighted by atomic mass is 9.76. The fourth-order valence-corrected chi connectivity index (χ4v) is 3.22. The Morgan fingerprint density at radius 3 is 2.53 bits per heavy atom. The number of ether oxygens (including phenoxy) is 1. The Kier molecular flexibility index (Phi) is 4.20. The molecule has 0 aromatic heterocycles. The first-order valence-electron chi connectivity index (χ1n) is 6.48. The minimum Gasteiger partial charge on any atom is -0.468 e. The Balaban J connectivity index is 2.23. The van der Waals surface area contributed by atoms with Crippen molar-refractivity contribution in [3.05, 3.63) is 35.9 Å². The van der Waals surface area contributed by atoms with Crippen LogP contribution < -0.4 is 0 Å². The molecule has 1 aromatic carbocycles. The van der Waals surface area contributed by atoms with Crippen LogP contribution in [0.2, 0.25) is 0 Å². The molecule has 0 amide bonds. The molecule has 0 spiro atoms. The van der Waals surface area contributed by atoms with Crippen molar-refractivity contribution < 1.29 is 9.53 Å². The fourth-order valence-electron chi connectivity index (χ4n) is 2.64. The van der Waals surface area contributed by atoms with Crippen LogP contribution in [0.3, 0.4) is 0 Å². The molecule has 0 unspecified atom stereocenters. The number of esters is 1. The third-order valence-electron chi connectivity index (χ3n) is 3.63. The third-order valence-corrected chi connectivity index (χ3v) is 4.14. The number of thiocarbonyl (C=S) groups is 1.